The van der Waals surface area contributed by atoms with Crippen molar-refractivity contribution in [2.45, 2.75) is 33.4 Å². The van der Waals surface area contributed by atoms with Gasteiger partial charge >= 0.3 is 0 Å². The van der Waals surface area contributed by atoms with E-state index in [9.17, 15) is 4.79 Å². The van der Waals surface area contributed by atoms with Crippen LogP contribution in [0.2, 0.25) is 0 Å². The van der Waals surface area contributed by atoms with Gasteiger partial charge in [-0.05, 0) is 30.5 Å². The highest BCUT2D eigenvalue weighted by molar-refractivity contribution is 5.91. The van der Waals surface area contributed by atoms with Gasteiger partial charge in [-0.3, -0.25) is 9.48 Å². The lowest BCUT2D eigenvalue weighted by molar-refractivity contribution is -0.115. The third kappa shape index (κ3) is 2.97. The molecule has 2 heterocycles. The van der Waals surface area contributed by atoms with Gasteiger partial charge in [0.2, 0.25) is 5.91 Å². The topological polar surface area (TPSA) is 59.0 Å². The molecule has 0 fully saturated rings. The van der Waals surface area contributed by atoms with Gasteiger partial charge in [-0.15, -0.1) is 0 Å². The number of nitrogens with one attached hydrogen (secondary N) is 2. The summed E-state index contributed by atoms with van der Waals surface area (Å²) in [5.74, 6) is 0.621. The quantitative estimate of drug-likeness (QED) is 0.903. The molecule has 1 aromatic carbocycles. The molecule has 5 heteroatoms. The summed E-state index contributed by atoms with van der Waals surface area (Å²) in [6.45, 7) is 6.69. The summed E-state index contributed by atoms with van der Waals surface area (Å²) in [6.07, 6.45) is 0.383. The minimum atomic E-state index is -0.0212. The fourth-order valence-electron chi connectivity index (χ4n) is 2.62. The highest BCUT2D eigenvalue weighted by Crippen LogP contribution is 2.15. The van der Waals surface area contributed by atoms with Gasteiger partial charge in [0.05, 0.1) is 18.7 Å². The lowest BCUT2D eigenvalue weighted by Crippen LogP contribution is -2.28. The van der Waals surface area contributed by atoms with Gasteiger partial charge in [-0.1, -0.05) is 18.2 Å². The fraction of sp³-hybridized carbons (Fsp3) is 0.375. The molecule has 1 aliphatic rings. The molecule has 110 valence electrons. The van der Waals surface area contributed by atoms with E-state index in [0.717, 1.165) is 30.9 Å². The minimum Gasteiger partial charge on any atom is -0.309 e. The van der Waals surface area contributed by atoms with Crippen molar-refractivity contribution in [1.29, 1.82) is 0 Å². The second kappa shape index (κ2) is 5.69. The third-order valence-corrected chi connectivity index (χ3v) is 4.01. The molecule has 0 saturated heterocycles. The first-order valence-electron chi connectivity index (χ1n) is 7.26. The van der Waals surface area contributed by atoms with Crippen molar-refractivity contribution in [3.8, 4) is 0 Å². The lowest BCUT2D eigenvalue weighted by Gasteiger charge is -2.13. The number of amides is 1. The summed E-state index contributed by atoms with van der Waals surface area (Å²) in [5.41, 5.74) is 4.58. The number of aryl methyl sites for hydroxylation is 1. The van der Waals surface area contributed by atoms with Gasteiger partial charge in [0, 0.05) is 19.2 Å². The van der Waals surface area contributed by atoms with Crippen LogP contribution in [0.3, 0.4) is 0 Å². The summed E-state index contributed by atoms with van der Waals surface area (Å²) < 4.78 is 1.95. The van der Waals surface area contributed by atoms with Crippen LogP contribution in [0.5, 0.6) is 0 Å². The first-order valence-corrected chi connectivity index (χ1v) is 7.26. The number of benzene rings is 1. The normalized spacial score (nSPS) is 13.8. The smallest absolute Gasteiger partial charge is 0.230 e. The maximum absolute atomic E-state index is 12.2. The Hall–Kier alpha value is -2.14. The number of hydrogen-bond donors (Lipinski definition) is 2. The summed E-state index contributed by atoms with van der Waals surface area (Å²) in [5, 5.41) is 10.6. The van der Waals surface area contributed by atoms with Crippen LogP contribution in [0, 0.1) is 13.8 Å². The largest absolute Gasteiger partial charge is 0.309 e. The zero-order valence-corrected chi connectivity index (χ0v) is 12.4. The van der Waals surface area contributed by atoms with Gasteiger partial charge in [0.1, 0.15) is 0 Å². The molecule has 1 aliphatic heterocycles. The van der Waals surface area contributed by atoms with Crippen molar-refractivity contribution >= 4 is 11.7 Å². The Morgan fingerprint density at radius 1 is 1.43 bits per heavy atom. The molecule has 5 nitrogen and oxygen atoms in total. The molecule has 0 atom stereocenters. The van der Waals surface area contributed by atoms with Gasteiger partial charge in [0.15, 0.2) is 5.82 Å². The maximum atomic E-state index is 12.2. The number of carbonyl (C=O) groups is 1. The van der Waals surface area contributed by atoms with Crippen molar-refractivity contribution in [2.24, 2.45) is 0 Å². The van der Waals surface area contributed by atoms with Crippen LogP contribution >= 0.6 is 0 Å². The Kier molecular flexibility index (Phi) is 3.75. The van der Waals surface area contributed by atoms with Crippen LogP contribution in [0.1, 0.15) is 22.4 Å². The Bertz CT molecular complexity index is 651. The Labute approximate surface area is 124 Å². The molecule has 1 aromatic heterocycles. The molecule has 2 aromatic rings. The van der Waals surface area contributed by atoms with E-state index in [1.54, 1.807) is 0 Å². The number of hydrogen-bond acceptors (Lipinski definition) is 3. The van der Waals surface area contributed by atoms with Crippen molar-refractivity contribution in [2.75, 3.05) is 11.9 Å². The van der Waals surface area contributed by atoms with Gasteiger partial charge in [0.25, 0.3) is 0 Å². The number of nitrogens with zero attached hydrogens (tertiary/aromatic N) is 2. The molecule has 21 heavy (non-hydrogen) atoms. The Balaban J connectivity index is 1.69. The standard InChI is InChI=1S/C16H20N4O/c1-11-4-3-5-13(12(11)2)8-16(21)18-15-9-14-10-17-6-7-20(14)19-15/h3-5,9,17H,6-8,10H2,1-2H3,(H,18,19,21). The summed E-state index contributed by atoms with van der Waals surface area (Å²) in [6, 6.07) is 8.00. The van der Waals surface area contributed by atoms with Crippen LogP contribution in [0.4, 0.5) is 5.82 Å². The first-order chi connectivity index (χ1) is 10.1. The summed E-state index contributed by atoms with van der Waals surface area (Å²) in [4.78, 5) is 12.2. The molecule has 0 bridgehead atoms. The van der Waals surface area contributed by atoms with Gasteiger partial charge in [-0.25, -0.2) is 0 Å². The molecule has 1 amide bonds. The predicted octanol–water partition coefficient (Wildman–Crippen LogP) is 1.78. The van der Waals surface area contributed by atoms with Crippen LogP contribution in [0.15, 0.2) is 24.3 Å². The zero-order valence-electron chi connectivity index (χ0n) is 12.4. The van der Waals surface area contributed by atoms with Crippen LogP contribution in [-0.2, 0) is 24.3 Å². The van der Waals surface area contributed by atoms with Crippen LogP contribution < -0.4 is 10.6 Å². The van der Waals surface area contributed by atoms with Crippen LogP contribution in [-0.4, -0.2) is 22.2 Å². The molecule has 0 spiro atoms. The van der Waals surface area contributed by atoms with Gasteiger partial charge in [-0.2, -0.15) is 5.10 Å². The van der Waals surface area contributed by atoms with Crippen molar-refractivity contribution < 1.29 is 4.79 Å². The number of fused-ring (bicyclic) bond motifs is 1. The maximum Gasteiger partial charge on any atom is 0.230 e. The van der Waals surface area contributed by atoms with E-state index in [1.807, 2.05) is 22.9 Å². The highest BCUT2D eigenvalue weighted by atomic mass is 16.1. The average Bonchev–Trinajstić information content (AvgIpc) is 2.86. The Morgan fingerprint density at radius 3 is 3.10 bits per heavy atom. The van der Waals surface area contributed by atoms with E-state index in [2.05, 4.69) is 35.6 Å². The SMILES string of the molecule is Cc1cccc(CC(=O)Nc2cc3n(n2)CCNC3)c1C. The average molecular weight is 284 g/mol. The van der Waals surface area contributed by atoms with Crippen molar-refractivity contribution in [3.63, 3.8) is 0 Å². The molecule has 3 rings (SSSR count). The lowest BCUT2D eigenvalue weighted by atomic mass is 10.0. The molecular weight excluding hydrogens is 264 g/mol. The highest BCUT2D eigenvalue weighted by Gasteiger charge is 2.14. The number of anilines is 1. The second-order valence-corrected chi connectivity index (χ2v) is 5.50. The van der Waals surface area contributed by atoms with E-state index in [4.69, 9.17) is 0 Å². The summed E-state index contributed by atoms with van der Waals surface area (Å²) >= 11 is 0. The molecule has 0 saturated carbocycles. The molecule has 0 radical (unpaired) electrons. The summed E-state index contributed by atoms with van der Waals surface area (Å²) in [7, 11) is 0. The van der Waals surface area contributed by atoms with Crippen LogP contribution in [0.25, 0.3) is 0 Å². The monoisotopic (exact) mass is 284 g/mol. The Morgan fingerprint density at radius 2 is 2.29 bits per heavy atom. The zero-order chi connectivity index (χ0) is 14.8. The second-order valence-electron chi connectivity index (χ2n) is 5.50. The number of aromatic nitrogens is 2. The van der Waals surface area contributed by atoms with E-state index in [-0.39, 0.29) is 5.91 Å². The fourth-order valence-corrected chi connectivity index (χ4v) is 2.62. The van der Waals surface area contributed by atoms with Crippen molar-refractivity contribution in [3.05, 3.63) is 46.6 Å². The minimum absolute atomic E-state index is 0.0212. The molecule has 0 unspecified atom stereocenters. The molecular formula is C16H20N4O. The number of carbonyl (C=O) groups excluding carboxylic acids is 1. The first kappa shape index (κ1) is 13.8. The third-order valence-electron chi connectivity index (χ3n) is 4.01. The molecule has 0 aliphatic carbocycles. The van der Waals surface area contributed by atoms with E-state index in [0.29, 0.717) is 12.2 Å². The van der Waals surface area contributed by atoms with Crippen molar-refractivity contribution in [1.82, 2.24) is 15.1 Å². The van der Waals surface area contributed by atoms with Gasteiger partial charge < -0.3 is 10.6 Å². The van der Waals surface area contributed by atoms with E-state index < -0.39 is 0 Å². The van der Waals surface area contributed by atoms with E-state index in [1.165, 1.54) is 11.1 Å². The van der Waals surface area contributed by atoms with E-state index >= 15 is 0 Å². The molecule has 2 N–H and O–H groups in total. The predicted molar refractivity (Wildman–Crippen MR) is 82.2 cm³/mol. The number of rotatable bonds is 3.